The summed E-state index contributed by atoms with van der Waals surface area (Å²) in [6, 6.07) is 2.01. The monoisotopic (exact) mass is 286 g/mol. The van der Waals surface area contributed by atoms with E-state index in [1.165, 1.54) is 0 Å². The molecule has 4 heteroatoms. The fourth-order valence-corrected chi connectivity index (χ4v) is 2.07. The Kier molecular flexibility index (Phi) is 6.42. The number of pyridine rings is 1. The van der Waals surface area contributed by atoms with Gasteiger partial charge >= 0.3 is 0 Å². The highest BCUT2D eigenvalue weighted by Gasteiger charge is 2.06. The normalized spacial score (nSPS) is 12.4. The predicted molar refractivity (Wildman–Crippen MR) is 70.5 cm³/mol. The molecule has 1 rings (SSSR count). The zero-order chi connectivity index (χ0) is 11.8. The fraction of sp³-hybridized carbons (Fsp3) is 0.583. The minimum absolute atomic E-state index is 0.267. The lowest BCUT2D eigenvalue weighted by Gasteiger charge is -2.16. The van der Waals surface area contributed by atoms with Crippen molar-refractivity contribution in [3.05, 3.63) is 22.9 Å². The van der Waals surface area contributed by atoms with Crippen molar-refractivity contribution in [3.8, 4) is 0 Å². The Morgan fingerprint density at radius 1 is 1.44 bits per heavy atom. The fourth-order valence-electron chi connectivity index (χ4n) is 1.71. The molecule has 0 aromatic carbocycles. The van der Waals surface area contributed by atoms with Gasteiger partial charge in [0, 0.05) is 23.8 Å². The molecule has 1 atom stereocenters. The summed E-state index contributed by atoms with van der Waals surface area (Å²) < 4.78 is 0.978. The quantitative estimate of drug-likeness (QED) is 0.810. The van der Waals surface area contributed by atoms with E-state index in [-0.39, 0.29) is 6.61 Å². The number of nitrogens with zero attached hydrogens (tertiary/aromatic N) is 1. The van der Waals surface area contributed by atoms with E-state index in [2.05, 4.69) is 33.2 Å². The van der Waals surface area contributed by atoms with Crippen LogP contribution < -0.4 is 5.32 Å². The van der Waals surface area contributed by atoms with Gasteiger partial charge in [0.2, 0.25) is 0 Å². The molecule has 1 aromatic rings. The minimum Gasteiger partial charge on any atom is -0.396 e. The topological polar surface area (TPSA) is 45.1 Å². The van der Waals surface area contributed by atoms with Crippen molar-refractivity contribution in [2.24, 2.45) is 5.92 Å². The van der Waals surface area contributed by atoms with Gasteiger partial charge in [-0.15, -0.1) is 0 Å². The van der Waals surface area contributed by atoms with Crippen LogP contribution in [0.15, 0.2) is 22.9 Å². The second-order valence-corrected chi connectivity index (χ2v) is 4.86. The van der Waals surface area contributed by atoms with Gasteiger partial charge in [-0.2, -0.15) is 0 Å². The Balaban J connectivity index is 2.41. The second kappa shape index (κ2) is 7.63. The number of hydrogen-bond acceptors (Lipinski definition) is 3. The Morgan fingerprint density at radius 3 is 2.88 bits per heavy atom. The first-order chi connectivity index (χ1) is 7.76. The smallest absolute Gasteiger partial charge is 0.0538 e. The van der Waals surface area contributed by atoms with Gasteiger partial charge in [-0.3, -0.25) is 4.98 Å². The summed E-state index contributed by atoms with van der Waals surface area (Å²) >= 11 is 3.39. The van der Waals surface area contributed by atoms with Crippen LogP contribution in [0.3, 0.4) is 0 Å². The number of aliphatic hydroxyl groups is 1. The molecule has 1 aromatic heterocycles. The van der Waals surface area contributed by atoms with E-state index >= 15 is 0 Å². The summed E-state index contributed by atoms with van der Waals surface area (Å²) in [7, 11) is 0. The standard InChI is InChI=1S/C12H19BrN2O/c1-2-3-10(4-5-16)7-15-12-6-11(13)8-14-9-12/h6,8-10,15-16H,2-5,7H2,1H3. The van der Waals surface area contributed by atoms with E-state index in [9.17, 15) is 0 Å². The molecule has 0 bridgehead atoms. The number of aliphatic hydroxyl groups excluding tert-OH is 1. The first kappa shape index (κ1) is 13.5. The summed E-state index contributed by atoms with van der Waals surface area (Å²) in [6.45, 7) is 3.33. The van der Waals surface area contributed by atoms with Crippen molar-refractivity contribution in [1.82, 2.24) is 4.98 Å². The molecule has 0 fully saturated rings. The highest BCUT2D eigenvalue weighted by molar-refractivity contribution is 9.10. The molecule has 0 saturated carbocycles. The number of nitrogens with one attached hydrogen (secondary N) is 1. The number of rotatable bonds is 7. The lowest BCUT2D eigenvalue weighted by Crippen LogP contribution is -2.15. The molecule has 0 spiro atoms. The van der Waals surface area contributed by atoms with E-state index in [1.807, 2.05) is 12.3 Å². The Labute approximate surface area is 105 Å². The van der Waals surface area contributed by atoms with Crippen molar-refractivity contribution >= 4 is 21.6 Å². The van der Waals surface area contributed by atoms with Gasteiger partial charge in [0.05, 0.1) is 11.9 Å². The zero-order valence-electron chi connectivity index (χ0n) is 9.62. The molecule has 0 amide bonds. The molecule has 1 unspecified atom stereocenters. The van der Waals surface area contributed by atoms with Gasteiger partial charge in [0.25, 0.3) is 0 Å². The molecular formula is C12H19BrN2O. The number of anilines is 1. The van der Waals surface area contributed by atoms with Crippen molar-refractivity contribution < 1.29 is 5.11 Å². The molecule has 16 heavy (non-hydrogen) atoms. The lowest BCUT2D eigenvalue weighted by atomic mass is 10.0. The van der Waals surface area contributed by atoms with Crippen molar-refractivity contribution in [1.29, 1.82) is 0 Å². The summed E-state index contributed by atoms with van der Waals surface area (Å²) in [5, 5.41) is 12.3. The minimum atomic E-state index is 0.267. The zero-order valence-corrected chi connectivity index (χ0v) is 11.2. The van der Waals surface area contributed by atoms with E-state index in [0.29, 0.717) is 5.92 Å². The van der Waals surface area contributed by atoms with Gasteiger partial charge in [0.15, 0.2) is 0 Å². The molecule has 0 aliphatic heterocycles. The van der Waals surface area contributed by atoms with E-state index < -0.39 is 0 Å². The molecule has 90 valence electrons. The third-order valence-electron chi connectivity index (χ3n) is 2.53. The van der Waals surface area contributed by atoms with Gasteiger partial charge < -0.3 is 10.4 Å². The maximum absolute atomic E-state index is 8.96. The molecule has 1 heterocycles. The molecule has 0 saturated heterocycles. The largest absolute Gasteiger partial charge is 0.396 e. The Bertz CT molecular complexity index is 301. The van der Waals surface area contributed by atoms with Gasteiger partial charge in [-0.1, -0.05) is 13.3 Å². The SMILES string of the molecule is CCCC(CCO)CNc1cncc(Br)c1. The summed E-state index contributed by atoms with van der Waals surface area (Å²) in [5.41, 5.74) is 1.02. The van der Waals surface area contributed by atoms with Crippen molar-refractivity contribution in [2.45, 2.75) is 26.2 Å². The van der Waals surface area contributed by atoms with E-state index in [1.54, 1.807) is 6.20 Å². The average molecular weight is 287 g/mol. The van der Waals surface area contributed by atoms with Gasteiger partial charge in [-0.25, -0.2) is 0 Å². The number of aromatic nitrogens is 1. The molecule has 2 N–H and O–H groups in total. The maximum atomic E-state index is 8.96. The molecule has 0 aliphatic carbocycles. The first-order valence-electron chi connectivity index (χ1n) is 5.71. The van der Waals surface area contributed by atoms with Crippen LogP contribution in [0, 0.1) is 5.92 Å². The number of hydrogen-bond donors (Lipinski definition) is 2. The van der Waals surface area contributed by atoms with Crippen LogP contribution in [0.2, 0.25) is 0 Å². The Morgan fingerprint density at radius 2 is 2.25 bits per heavy atom. The summed E-state index contributed by atoms with van der Waals surface area (Å²) in [4.78, 5) is 4.10. The molecule has 0 aliphatic rings. The van der Waals surface area contributed by atoms with Crippen LogP contribution in [0.1, 0.15) is 26.2 Å². The maximum Gasteiger partial charge on any atom is 0.0538 e. The van der Waals surface area contributed by atoms with Crippen molar-refractivity contribution in [3.63, 3.8) is 0 Å². The van der Waals surface area contributed by atoms with E-state index in [0.717, 1.165) is 36.0 Å². The van der Waals surface area contributed by atoms with Gasteiger partial charge in [-0.05, 0) is 40.8 Å². The van der Waals surface area contributed by atoms with Crippen LogP contribution in [0.4, 0.5) is 5.69 Å². The Hall–Kier alpha value is -0.610. The first-order valence-corrected chi connectivity index (χ1v) is 6.50. The predicted octanol–water partition coefficient (Wildman–Crippen LogP) is 3.05. The van der Waals surface area contributed by atoms with Crippen LogP contribution in [-0.2, 0) is 0 Å². The summed E-state index contributed by atoms with van der Waals surface area (Å²) in [6.07, 6.45) is 6.75. The lowest BCUT2D eigenvalue weighted by molar-refractivity contribution is 0.255. The summed E-state index contributed by atoms with van der Waals surface area (Å²) in [5.74, 6) is 0.536. The highest BCUT2D eigenvalue weighted by atomic mass is 79.9. The second-order valence-electron chi connectivity index (χ2n) is 3.94. The molecular weight excluding hydrogens is 268 g/mol. The average Bonchev–Trinajstić information content (AvgIpc) is 2.27. The molecule has 3 nitrogen and oxygen atoms in total. The highest BCUT2D eigenvalue weighted by Crippen LogP contribution is 2.16. The van der Waals surface area contributed by atoms with Crippen LogP contribution >= 0.6 is 15.9 Å². The van der Waals surface area contributed by atoms with Crippen LogP contribution in [0.25, 0.3) is 0 Å². The van der Waals surface area contributed by atoms with Gasteiger partial charge in [0.1, 0.15) is 0 Å². The van der Waals surface area contributed by atoms with E-state index in [4.69, 9.17) is 5.11 Å². The van der Waals surface area contributed by atoms with Crippen LogP contribution in [0.5, 0.6) is 0 Å². The number of halogens is 1. The van der Waals surface area contributed by atoms with Crippen molar-refractivity contribution in [2.75, 3.05) is 18.5 Å². The third-order valence-corrected chi connectivity index (χ3v) is 2.97. The third kappa shape index (κ3) is 4.94. The molecule has 0 radical (unpaired) electrons. The van der Waals surface area contributed by atoms with Crippen LogP contribution in [-0.4, -0.2) is 23.2 Å².